The number of β-amino-alcohol motifs (C(OH)–C–C–N with tert-alkyl or cyclic N) is 1. The molecule has 1 aliphatic heterocycles. The van der Waals surface area contributed by atoms with E-state index in [1.807, 2.05) is 20.0 Å². The van der Waals surface area contributed by atoms with E-state index in [1.165, 1.54) is 0 Å². The maximum absolute atomic E-state index is 11.1. The largest absolute Gasteiger partial charge is 0.382 e. The fraction of sp³-hybridized carbons (Fsp3) is 0.750. The van der Waals surface area contributed by atoms with Crippen molar-refractivity contribution in [1.29, 1.82) is 0 Å². The summed E-state index contributed by atoms with van der Waals surface area (Å²) in [5, 5.41) is 23.3. The van der Waals surface area contributed by atoms with Crippen LogP contribution in [0.5, 0.6) is 0 Å². The van der Waals surface area contributed by atoms with Gasteiger partial charge in [0.1, 0.15) is 11.3 Å². The SMILES string of the molecule is CCCc1noc(CN2CCC[C@](O)(c3cn(C(C)C)nn3)C2)n1. The number of aryl methyl sites for hydroxylation is 1. The predicted molar refractivity (Wildman–Crippen MR) is 87.1 cm³/mol. The number of nitrogens with zero attached hydrogens (tertiary/aromatic N) is 6. The maximum atomic E-state index is 11.1. The average molecular weight is 334 g/mol. The summed E-state index contributed by atoms with van der Waals surface area (Å²) < 4.78 is 7.09. The third kappa shape index (κ3) is 3.64. The summed E-state index contributed by atoms with van der Waals surface area (Å²) in [4.78, 5) is 6.55. The molecule has 3 rings (SSSR count). The molecule has 0 aliphatic carbocycles. The smallest absolute Gasteiger partial charge is 0.240 e. The molecule has 24 heavy (non-hydrogen) atoms. The Morgan fingerprint density at radius 3 is 2.96 bits per heavy atom. The Balaban J connectivity index is 1.68. The Morgan fingerprint density at radius 2 is 2.25 bits per heavy atom. The molecule has 2 aromatic heterocycles. The van der Waals surface area contributed by atoms with E-state index >= 15 is 0 Å². The van der Waals surface area contributed by atoms with Gasteiger partial charge in [0.05, 0.1) is 12.7 Å². The Morgan fingerprint density at radius 1 is 1.42 bits per heavy atom. The van der Waals surface area contributed by atoms with E-state index in [0.29, 0.717) is 31.1 Å². The quantitative estimate of drug-likeness (QED) is 0.859. The van der Waals surface area contributed by atoms with Crippen LogP contribution in [0.1, 0.15) is 63.5 Å². The molecule has 0 bridgehead atoms. The highest BCUT2D eigenvalue weighted by Gasteiger charge is 2.38. The van der Waals surface area contributed by atoms with Gasteiger partial charge in [-0.25, -0.2) is 4.68 Å². The van der Waals surface area contributed by atoms with E-state index in [2.05, 4.69) is 32.3 Å². The van der Waals surface area contributed by atoms with Crippen LogP contribution in [0.4, 0.5) is 0 Å². The van der Waals surface area contributed by atoms with E-state index in [4.69, 9.17) is 4.52 Å². The van der Waals surface area contributed by atoms with E-state index in [0.717, 1.165) is 31.6 Å². The monoisotopic (exact) mass is 334 g/mol. The summed E-state index contributed by atoms with van der Waals surface area (Å²) >= 11 is 0. The number of piperidine rings is 1. The van der Waals surface area contributed by atoms with Crippen molar-refractivity contribution in [3.8, 4) is 0 Å². The summed E-state index contributed by atoms with van der Waals surface area (Å²) in [6, 6.07) is 0.227. The molecule has 0 aromatic carbocycles. The van der Waals surface area contributed by atoms with Gasteiger partial charge >= 0.3 is 0 Å². The van der Waals surface area contributed by atoms with Crippen molar-refractivity contribution in [1.82, 2.24) is 30.0 Å². The molecule has 1 N–H and O–H groups in total. The number of aromatic nitrogens is 5. The summed E-state index contributed by atoms with van der Waals surface area (Å²) in [7, 11) is 0. The van der Waals surface area contributed by atoms with Crippen LogP contribution in [-0.2, 0) is 18.6 Å². The van der Waals surface area contributed by atoms with Crippen molar-refractivity contribution < 1.29 is 9.63 Å². The van der Waals surface area contributed by atoms with Crippen molar-refractivity contribution in [2.75, 3.05) is 13.1 Å². The van der Waals surface area contributed by atoms with Crippen molar-refractivity contribution in [2.45, 2.75) is 64.6 Å². The molecule has 1 saturated heterocycles. The summed E-state index contributed by atoms with van der Waals surface area (Å²) in [5.41, 5.74) is -0.337. The number of rotatable bonds is 6. The van der Waals surface area contributed by atoms with Crippen LogP contribution in [0, 0.1) is 0 Å². The third-order valence-corrected chi connectivity index (χ3v) is 4.41. The molecule has 132 valence electrons. The maximum Gasteiger partial charge on any atom is 0.240 e. The van der Waals surface area contributed by atoms with Gasteiger partial charge in [0.15, 0.2) is 5.82 Å². The highest BCUT2D eigenvalue weighted by molar-refractivity contribution is 5.10. The fourth-order valence-corrected chi connectivity index (χ4v) is 3.08. The van der Waals surface area contributed by atoms with Crippen LogP contribution < -0.4 is 0 Å². The lowest BCUT2D eigenvalue weighted by atomic mass is 9.90. The number of hydrogen-bond donors (Lipinski definition) is 1. The van der Waals surface area contributed by atoms with E-state index in [1.54, 1.807) is 4.68 Å². The first-order chi connectivity index (χ1) is 11.5. The molecule has 0 spiro atoms. The van der Waals surface area contributed by atoms with Crippen LogP contribution in [0.2, 0.25) is 0 Å². The second-order valence-electron chi connectivity index (χ2n) is 6.88. The first-order valence-electron chi connectivity index (χ1n) is 8.68. The van der Waals surface area contributed by atoms with Gasteiger partial charge in [-0.1, -0.05) is 17.3 Å². The summed E-state index contributed by atoms with van der Waals surface area (Å²) in [6.07, 6.45) is 5.24. The van der Waals surface area contributed by atoms with Gasteiger partial charge in [-0.2, -0.15) is 4.98 Å². The van der Waals surface area contributed by atoms with Gasteiger partial charge in [0.25, 0.3) is 0 Å². The molecule has 3 heterocycles. The third-order valence-electron chi connectivity index (χ3n) is 4.41. The Labute approximate surface area is 141 Å². The van der Waals surface area contributed by atoms with Gasteiger partial charge in [-0.3, -0.25) is 4.90 Å². The number of likely N-dealkylation sites (tertiary alicyclic amines) is 1. The van der Waals surface area contributed by atoms with Crippen LogP contribution in [0.15, 0.2) is 10.7 Å². The Hall–Kier alpha value is -1.80. The number of hydrogen-bond acceptors (Lipinski definition) is 7. The normalized spacial score (nSPS) is 22.4. The minimum Gasteiger partial charge on any atom is -0.382 e. The number of aliphatic hydroxyl groups is 1. The Kier molecular flexibility index (Phi) is 4.96. The lowest BCUT2D eigenvalue weighted by Gasteiger charge is -2.37. The predicted octanol–water partition coefficient (Wildman–Crippen LogP) is 1.68. The first-order valence-corrected chi connectivity index (χ1v) is 8.68. The van der Waals surface area contributed by atoms with Gasteiger partial charge in [-0.05, 0) is 39.7 Å². The minimum absolute atomic E-state index is 0.227. The molecule has 2 aromatic rings. The second kappa shape index (κ2) is 6.98. The van der Waals surface area contributed by atoms with Crippen LogP contribution >= 0.6 is 0 Å². The molecule has 1 aliphatic rings. The van der Waals surface area contributed by atoms with E-state index in [9.17, 15) is 5.11 Å². The van der Waals surface area contributed by atoms with E-state index in [-0.39, 0.29) is 6.04 Å². The molecule has 0 amide bonds. The Bertz CT molecular complexity index is 667. The van der Waals surface area contributed by atoms with Crippen LogP contribution in [0.3, 0.4) is 0 Å². The molecule has 0 unspecified atom stereocenters. The van der Waals surface area contributed by atoms with Crippen LogP contribution in [-0.4, -0.2) is 48.2 Å². The highest BCUT2D eigenvalue weighted by atomic mass is 16.5. The zero-order chi connectivity index (χ0) is 17.2. The molecule has 8 heteroatoms. The van der Waals surface area contributed by atoms with Gasteiger partial charge < -0.3 is 9.63 Å². The van der Waals surface area contributed by atoms with Crippen molar-refractivity contribution in [3.63, 3.8) is 0 Å². The van der Waals surface area contributed by atoms with Gasteiger partial charge in [-0.15, -0.1) is 5.10 Å². The van der Waals surface area contributed by atoms with E-state index < -0.39 is 5.60 Å². The molecule has 0 radical (unpaired) electrons. The fourth-order valence-electron chi connectivity index (χ4n) is 3.08. The van der Waals surface area contributed by atoms with Gasteiger partial charge in [0.2, 0.25) is 5.89 Å². The van der Waals surface area contributed by atoms with Crippen molar-refractivity contribution >= 4 is 0 Å². The molecule has 8 nitrogen and oxygen atoms in total. The van der Waals surface area contributed by atoms with Crippen LogP contribution in [0.25, 0.3) is 0 Å². The molecule has 0 saturated carbocycles. The highest BCUT2D eigenvalue weighted by Crippen LogP contribution is 2.31. The van der Waals surface area contributed by atoms with Gasteiger partial charge in [0, 0.05) is 19.0 Å². The lowest BCUT2D eigenvalue weighted by molar-refractivity contribution is -0.0436. The molecule has 1 atom stereocenters. The minimum atomic E-state index is -0.975. The van der Waals surface area contributed by atoms with Crippen molar-refractivity contribution in [2.24, 2.45) is 0 Å². The summed E-state index contributed by atoms with van der Waals surface area (Å²) in [5.74, 6) is 1.35. The molecular formula is C16H26N6O2. The molecular weight excluding hydrogens is 308 g/mol. The first kappa shape index (κ1) is 17.0. The summed E-state index contributed by atoms with van der Waals surface area (Å²) in [6.45, 7) is 8.11. The average Bonchev–Trinajstić information content (AvgIpc) is 3.17. The lowest BCUT2D eigenvalue weighted by Crippen LogP contribution is -2.46. The topological polar surface area (TPSA) is 93.1 Å². The zero-order valence-corrected chi connectivity index (χ0v) is 14.6. The standard InChI is InChI=1S/C16H26N6O2/c1-4-6-14-17-15(24-19-14)10-21-8-5-7-16(23,11-21)13-9-22(12(2)3)20-18-13/h9,12,23H,4-8,10-11H2,1-3H3/t16-/m1/s1. The molecule has 1 fully saturated rings. The zero-order valence-electron chi connectivity index (χ0n) is 14.6. The van der Waals surface area contributed by atoms with Crippen molar-refractivity contribution in [3.05, 3.63) is 23.6 Å². The second-order valence-corrected chi connectivity index (χ2v) is 6.88.